The highest BCUT2D eigenvalue weighted by atomic mass is 19.1. The topological polar surface area (TPSA) is 32.3 Å². The van der Waals surface area contributed by atoms with Crippen molar-refractivity contribution in [3.8, 4) is 0 Å². The van der Waals surface area contributed by atoms with Crippen LogP contribution < -0.4 is 5.32 Å². The van der Waals surface area contributed by atoms with E-state index in [9.17, 15) is 9.18 Å². The van der Waals surface area contributed by atoms with E-state index in [2.05, 4.69) is 5.32 Å². The minimum atomic E-state index is -0.172. The molecule has 1 aromatic carbocycles. The van der Waals surface area contributed by atoms with Gasteiger partial charge in [-0.05, 0) is 56.8 Å². The third kappa shape index (κ3) is 4.54. The van der Waals surface area contributed by atoms with Crippen LogP contribution in [0, 0.1) is 17.7 Å². The zero-order chi connectivity index (χ0) is 15.9. The third-order valence-electron chi connectivity index (χ3n) is 4.55. The number of nitrogens with zero attached hydrogens (tertiary/aromatic N) is 1. The molecule has 1 amide bonds. The molecule has 1 aliphatic heterocycles. The van der Waals surface area contributed by atoms with E-state index in [0.717, 1.165) is 26.1 Å². The van der Waals surface area contributed by atoms with Gasteiger partial charge in [-0.1, -0.05) is 25.1 Å². The van der Waals surface area contributed by atoms with Crippen LogP contribution in [0.25, 0.3) is 0 Å². The summed E-state index contributed by atoms with van der Waals surface area (Å²) in [6.07, 6.45) is 3.59. The number of rotatable bonds is 6. The maximum Gasteiger partial charge on any atom is 0.225 e. The van der Waals surface area contributed by atoms with Gasteiger partial charge in [-0.2, -0.15) is 0 Å². The minimum absolute atomic E-state index is 0.0482. The standard InChI is InChI=1S/C18H27FN2O/c1-14(9-10-16-7-3-4-8-17(16)19)18(22)21-11-5-6-15(13-21)12-20-2/h3-4,7-8,14-15,20H,5-6,9-13H2,1-2H3/t14-,15-/m0/s1. The van der Waals surface area contributed by atoms with Gasteiger partial charge in [0.15, 0.2) is 0 Å². The van der Waals surface area contributed by atoms with Crippen LogP contribution >= 0.6 is 0 Å². The van der Waals surface area contributed by atoms with E-state index in [4.69, 9.17) is 0 Å². The second-order valence-electron chi connectivity index (χ2n) is 6.38. The van der Waals surface area contributed by atoms with Gasteiger partial charge in [-0.3, -0.25) is 4.79 Å². The van der Waals surface area contributed by atoms with Crippen molar-refractivity contribution in [2.24, 2.45) is 11.8 Å². The summed E-state index contributed by atoms with van der Waals surface area (Å²) in [6, 6.07) is 6.83. The van der Waals surface area contributed by atoms with Crippen LogP contribution in [0.2, 0.25) is 0 Å². The molecule has 122 valence electrons. The molecule has 4 heteroatoms. The molecular weight excluding hydrogens is 279 g/mol. The Morgan fingerprint density at radius 1 is 1.45 bits per heavy atom. The van der Waals surface area contributed by atoms with Crippen LogP contribution in [0.1, 0.15) is 31.7 Å². The van der Waals surface area contributed by atoms with E-state index in [1.807, 2.05) is 24.9 Å². The lowest BCUT2D eigenvalue weighted by Gasteiger charge is -2.34. The summed E-state index contributed by atoms with van der Waals surface area (Å²) in [5.74, 6) is 0.556. The van der Waals surface area contributed by atoms with E-state index < -0.39 is 0 Å². The number of likely N-dealkylation sites (tertiary alicyclic amines) is 1. The molecule has 0 unspecified atom stereocenters. The first kappa shape index (κ1) is 16.9. The molecule has 1 heterocycles. The van der Waals surface area contributed by atoms with Crippen molar-refractivity contribution in [1.29, 1.82) is 0 Å². The number of carbonyl (C=O) groups is 1. The van der Waals surface area contributed by atoms with E-state index in [-0.39, 0.29) is 17.6 Å². The fraction of sp³-hybridized carbons (Fsp3) is 0.611. The molecular formula is C18H27FN2O. The maximum absolute atomic E-state index is 13.6. The zero-order valence-electron chi connectivity index (χ0n) is 13.6. The van der Waals surface area contributed by atoms with Crippen LogP contribution in [0.15, 0.2) is 24.3 Å². The molecule has 22 heavy (non-hydrogen) atoms. The number of hydrogen-bond donors (Lipinski definition) is 1. The van der Waals surface area contributed by atoms with Crippen molar-refractivity contribution >= 4 is 5.91 Å². The summed E-state index contributed by atoms with van der Waals surface area (Å²) in [6.45, 7) is 4.64. The van der Waals surface area contributed by atoms with E-state index >= 15 is 0 Å². The predicted octanol–water partition coefficient (Wildman–Crippen LogP) is 2.85. The Bertz CT molecular complexity index is 490. The van der Waals surface area contributed by atoms with Crippen molar-refractivity contribution in [3.63, 3.8) is 0 Å². The lowest BCUT2D eigenvalue weighted by molar-refractivity contribution is -0.137. The molecule has 2 atom stereocenters. The summed E-state index contributed by atoms with van der Waals surface area (Å²) in [4.78, 5) is 14.6. The monoisotopic (exact) mass is 306 g/mol. The molecule has 0 aromatic heterocycles. The number of piperidine rings is 1. The number of halogens is 1. The summed E-state index contributed by atoms with van der Waals surface area (Å²) in [7, 11) is 1.96. The van der Waals surface area contributed by atoms with Crippen molar-refractivity contribution in [2.75, 3.05) is 26.7 Å². The van der Waals surface area contributed by atoms with Crippen LogP contribution in [0.3, 0.4) is 0 Å². The largest absolute Gasteiger partial charge is 0.342 e. The number of hydrogen-bond acceptors (Lipinski definition) is 2. The van der Waals surface area contributed by atoms with Crippen molar-refractivity contribution in [3.05, 3.63) is 35.6 Å². The third-order valence-corrected chi connectivity index (χ3v) is 4.55. The van der Waals surface area contributed by atoms with Crippen LogP contribution in [0.4, 0.5) is 4.39 Å². The number of carbonyl (C=O) groups excluding carboxylic acids is 1. The zero-order valence-corrected chi connectivity index (χ0v) is 13.6. The maximum atomic E-state index is 13.6. The SMILES string of the molecule is CNC[C@@H]1CCCN(C(=O)[C@@H](C)CCc2ccccc2F)C1. The molecule has 0 spiro atoms. The van der Waals surface area contributed by atoms with Gasteiger partial charge >= 0.3 is 0 Å². The van der Waals surface area contributed by atoms with Gasteiger partial charge in [-0.25, -0.2) is 4.39 Å². The summed E-state index contributed by atoms with van der Waals surface area (Å²) < 4.78 is 13.6. The molecule has 1 aliphatic rings. The first-order chi connectivity index (χ1) is 10.6. The summed E-state index contributed by atoms with van der Waals surface area (Å²) in [5.41, 5.74) is 0.703. The predicted molar refractivity (Wildman–Crippen MR) is 87.1 cm³/mol. The molecule has 1 saturated heterocycles. The Hall–Kier alpha value is -1.42. The summed E-state index contributed by atoms with van der Waals surface area (Å²) in [5, 5.41) is 3.20. The van der Waals surface area contributed by atoms with Gasteiger partial charge in [0.05, 0.1) is 0 Å². The second-order valence-corrected chi connectivity index (χ2v) is 6.38. The van der Waals surface area contributed by atoms with Gasteiger partial charge in [0.25, 0.3) is 0 Å². The molecule has 3 nitrogen and oxygen atoms in total. The Balaban J connectivity index is 1.85. The highest BCUT2D eigenvalue weighted by molar-refractivity contribution is 5.78. The van der Waals surface area contributed by atoms with Crippen LogP contribution in [0.5, 0.6) is 0 Å². The molecule has 0 saturated carbocycles. The molecule has 1 aromatic rings. The summed E-state index contributed by atoms with van der Waals surface area (Å²) >= 11 is 0. The quantitative estimate of drug-likeness (QED) is 0.876. The Labute approximate surface area is 132 Å². The number of aryl methyl sites for hydroxylation is 1. The van der Waals surface area contributed by atoms with E-state index in [1.165, 1.54) is 12.5 Å². The lowest BCUT2D eigenvalue weighted by Crippen LogP contribution is -2.44. The first-order valence-corrected chi connectivity index (χ1v) is 8.28. The first-order valence-electron chi connectivity index (χ1n) is 8.28. The van der Waals surface area contributed by atoms with Crippen LogP contribution in [-0.2, 0) is 11.2 Å². The van der Waals surface area contributed by atoms with Gasteiger partial charge in [-0.15, -0.1) is 0 Å². The molecule has 0 radical (unpaired) electrons. The van der Waals surface area contributed by atoms with Gasteiger partial charge < -0.3 is 10.2 Å². The normalized spacial score (nSPS) is 20.0. The molecule has 1 fully saturated rings. The van der Waals surface area contributed by atoms with Crippen molar-refractivity contribution in [1.82, 2.24) is 10.2 Å². The fourth-order valence-corrected chi connectivity index (χ4v) is 3.23. The molecule has 1 N–H and O–H groups in total. The van der Waals surface area contributed by atoms with E-state index in [0.29, 0.717) is 24.3 Å². The Morgan fingerprint density at radius 2 is 2.23 bits per heavy atom. The van der Waals surface area contributed by atoms with Crippen molar-refractivity contribution < 1.29 is 9.18 Å². The highest BCUT2D eigenvalue weighted by Crippen LogP contribution is 2.20. The fourth-order valence-electron chi connectivity index (χ4n) is 3.23. The van der Waals surface area contributed by atoms with E-state index in [1.54, 1.807) is 12.1 Å². The Morgan fingerprint density at radius 3 is 2.95 bits per heavy atom. The molecule has 2 rings (SSSR count). The lowest BCUT2D eigenvalue weighted by atomic mass is 9.95. The highest BCUT2D eigenvalue weighted by Gasteiger charge is 2.26. The molecule has 0 aliphatic carbocycles. The number of nitrogens with one attached hydrogen (secondary N) is 1. The second kappa shape index (κ2) is 8.28. The molecule has 0 bridgehead atoms. The van der Waals surface area contributed by atoms with Gasteiger partial charge in [0.2, 0.25) is 5.91 Å². The van der Waals surface area contributed by atoms with Gasteiger partial charge in [0.1, 0.15) is 5.82 Å². The average Bonchev–Trinajstić information content (AvgIpc) is 2.53. The minimum Gasteiger partial charge on any atom is -0.342 e. The smallest absolute Gasteiger partial charge is 0.225 e. The average molecular weight is 306 g/mol. The Kier molecular flexibility index (Phi) is 6.37. The number of benzene rings is 1. The number of amides is 1. The van der Waals surface area contributed by atoms with Crippen LogP contribution in [-0.4, -0.2) is 37.5 Å². The van der Waals surface area contributed by atoms with Crippen molar-refractivity contribution in [2.45, 2.75) is 32.6 Å². The van der Waals surface area contributed by atoms with Gasteiger partial charge in [0, 0.05) is 19.0 Å².